The first-order chi connectivity index (χ1) is 9.52. The standard InChI is InChI=1S/C16H25ClN2S/c1-13(17)6-7-16(20)15-8-11-19(12-9-15)10-4-5-14(2)18-3/h6-8,20H,4-5,9-12H2,1-3H3/b13-6+,16-7-,18-14?. The van der Waals surface area contributed by atoms with Crippen LogP contribution in [0.25, 0.3) is 0 Å². The molecule has 2 nitrogen and oxygen atoms in total. The average Bonchev–Trinajstić information content (AvgIpc) is 2.45. The quantitative estimate of drug-likeness (QED) is 0.435. The Labute approximate surface area is 133 Å². The van der Waals surface area contributed by atoms with E-state index in [1.807, 2.05) is 26.1 Å². The molecule has 0 unspecified atom stereocenters. The molecule has 0 saturated carbocycles. The first-order valence-electron chi connectivity index (χ1n) is 7.10. The molecule has 1 aliphatic rings. The molecule has 0 aromatic carbocycles. The number of hydrogen-bond donors (Lipinski definition) is 1. The summed E-state index contributed by atoms with van der Waals surface area (Å²) in [5.74, 6) is 0. The van der Waals surface area contributed by atoms with Crippen LogP contribution in [0.2, 0.25) is 0 Å². The summed E-state index contributed by atoms with van der Waals surface area (Å²) in [7, 11) is 1.86. The fraction of sp³-hybridized carbons (Fsp3) is 0.562. The number of allylic oxidation sites excluding steroid dienone is 4. The summed E-state index contributed by atoms with van der Waals surface area (Å²) in [4.78, 5) is 7.70. The molecule has 0 spiro atoms. The van der Waals surface area contributed by atoms with E-state index in [-0.39, 0.29) is 0 Å². The Balaban J connectivity index is 2.41. The second-order valence-electron chi connectivity index (χ2n) is 5.15. The summed E-state index contributed by atoms with van der Waals surface area (Å²) in [5.41, 5.74) is 2.56. The second kappa shape index (κ2) is 9.43. The van der Waals surface area contributed by atoms with Crippen molar-refractivity contribution in [3.8, 4) is 0 Å². The van der Waals surface area contributed by atoms with E-state index in [2.05, 4.69) is 35.5 Å². The molecule has 1 aliphatic heterocycles. The van der Waals surface area contributed by atoms with Crippen LogP contribution in [0.1, 0.15) is 33.1 Å². The van der Waals surface area contributed by atoms with Crippen LogP contribution in [0.15, 0.2) is 38.7 Å². The van der Waals surface area contributed by atoms with Crippen molar-refractivity contribution in [3.05, 3.63) is 33.7 Å². The van der Waals surface area contributed by atoms with Gasteiger partial charge in [-0.3, -0.25) is 9.89 Å². The average molecular weight is 313 g/mol. The fourth-order valence-electron chi connectivity index (χ4n) is 2.12. The molecule has 112 valence electrons. The molecule has 0 amide bonds. The molecule has 0 aromatic heterocycles. The van der Waals surface area contributed by atoms with Crippen LogP contribution in [-0.2, 0) is 0 Å². The van der Waals surface area contributed by atoms with E-state index in [9.17, 15) is 0 Å². The third-order valence-electron chi connectivity index (χ3n) is 3.49. The summed E-state index contributed by atoms with van der Waals surface area (Å²) >= 11 is 10.4. The zero-order valence-corrected chi connectivity index (χ0v) is 14.3. The van der Waals surface area contributed by atoms with Gasteiger partial charge in [0.25, 0.3) is 0 Å². The molecular weight excluding hydrogens is 288 g/mol. The number of hydrogen-bond acceptors (Lipinski definition) is 3. The maximum Gasteiger partial charge on any atom is 0.0276 e. The van der Waals surface area contributed by atoms with Gasteiger partial charge in [0.05, 0.1) is 0 Å². The van der Waals surface area contributed by atoms with Crippen LogP contribution in [0, 0.1) is 0 Å². The molecular formula is C16H25ClN2S. The lowest BCUT2D eigenvalue weighted by Crippen LogP contribution is -2.30. The van der Waals surface area contributed by atoms with Gasteiger partial charge in [0, 0.05) is 35.8 Å². The van der Waals surface area contributed by atoms with Gasteiger partial charge < -0.3 is 0 Å². The monoisotopic (exact) mass is 312 g/mol. The minimum absolute atomic E-state index is 0.780. The van der Waals surface area contributed by atoms with Crippen molar-refractivity contribution in [3.63, 3.8) is 0 Å². The lowest BCUT2D eigenvalue weighted by Gasteiger charge is -2.26. The lowest BCUT2D eigenvalue weighted by atomic mass is 10.1. The molecule has 1 rings (SSSR count). The third-order valence-corrected chi connectivity index (χ3v) is 4.05. The van der Waals surface area contributed by atoms with Gasteiger partial charge in [0.2, 0.25) is 0 Å². The molecule has 0 N–H and O–H groups in total. The highest BCUT2D eigenvalue weighted by Crippen LogP contribution is 2.22. The van der Waals surface area contributed by atoms with Crippen molar-refractivity contribution in [2.45, 2.75) is 33.1 Å². The molecule has 20 heavy (non-hydrogen) atoms. The molecule has 0 aromatic rings. The number of aliphatic imine (C=N–C) groups is 1. The van der Waals surface area contributed by atoms with Crippen molar-refractivity contribution < 1.29 is 0 Å². The van der Waals surface area contributed by atoms with E-state index in [1.54, 1.807) is 0 Å². The van der Waals surface area contributed by atoms with Crippen molar-refractivity contribution in [2.24, 2.45) is 4.99 Å². The highest BCUT2D eigenvalue weighted by molar-refractivity contribution is 7.84. The van der Waals surface area contributed by atoms with Gasteiger partial charge in [-0.1, -0.05) is 17.7 Å². The number of rotatable bonds is 6. The molecule has 4 heteroatoms. The van der Waals surface area contributed by atoms with Gasteiger partial charge in [-0.15, -0.1) is 12.6 Å². The van der Waals surface area contributed by atoms with E-state index in [4.69, 9.17) is 11.6 Å². The predicted octanol–water partition coefficient (Wildman–Crippen LogP) is 4.45. The molecule has 0 fully saturated rings. The predicted molar refractivity (Wildman–Crippen MR) is 94.1 cm³/mol. The summed E-state index contributed by atoms with van der Waals surface area (Å²) < 4.78 is 0. The second-order valence-corrected chi connectivity index (χ2v) is 6.23. The van der Waals surface area contributed by atoms with Gasteiger partial charge in [0.15, 0.2) is 0 Å². The number of nitrogens with zero attached hydrogens (tertiary/aromatic N) is 2. The smallest absolute Gasteiger partial charge is 0.0276 e. The van der Waals surface area contributed by atoms with E-state index < -0.39 is 0 Å². The minimum atomic E-state index is 0.780. The Morgan fingerprint density at radius 3 is 2.75 bits per heavy atom. The van der Waals surface area contributed by atoms with Gasteiger partial charge in [-0.25, -0.2) is 0 Å². The highest BCUT2D eigenvalue weighted by atomic mass is 35.5. The van der Waals surface area contributed by atoms with Crippen LogP contribution in [0.4, 0.5) is 0 Å². The van der Waals surface area contributed by atoms with Crippen LogP contribution in [0.3, 0.4) is 0 Å². The van der Waals surface area contributed by atoms with E-state index in [0.29, 0.717) is 0 Å². The summed E-state index contributed by atoms with van der Waals surface area (Å²) in [6.45, 7) is 7.23. The topological polar surface area (TPSA) is 15.6 Å². The Hall–Kier alpha value is -0.510. The summed E-state index contributed by atoms with van der Waals surface area (Å²) in [6.07, 6.45) is 9.50. The van der Waals surface area contributed by atoms with Crippen molar-refractivity contribution in [2.75, 3.05) is 26.7 Å². The van der Waals surface area contributed by atoms with Crippen LogP contribution < -0.4 is 0 Å². The molecule has 0 radical (unpaired) electrons. The maximum absolute atomic E-state index is 5.82. The first kappa shape index (κ1) is 17.5. The fourth-order valence-corrected chi connectivity index (χ4v) is 2.46. The van der Waals surface area contributed by atoms with Crippen molar-refractivity contribution in [1.82, 2.24) is 4.90 Å². The maximum atomic E-state index is 5.82. The van der Waals surface area contributed by atoms with Gasteiger partial charge in [-0.05, 0) is 57.4 Å². The molecule has 0 atom stereocenters. The third kappa shape index (κ3) is 6.78. The normalized spacial score (nSPS) is 19.2. The SMILES string of the molecule is CN=C(C)CCCN1CC=C(/C(S)=C/C=C(\C)Cl)CC1. The van der Waals surface area contributed by atoms with Crippen molar-refractivity contribution in [1.29, 1.82) is 0 Å². The minimum Gasteiger partial charge on any atom is -0.299 e. The Morgan fingerprint density at radius 1 is 1.45 bits per heavy atom. The largest absolute Gasteiger partial charge is 0.299 e. The van der Waals surface area contributed by atoms with E-state index in [0.717, 1.165) is 42.4 Å². The van der Waals surface area contributed by atoms with E-state index in [1.165, 1.54) is 17.7 Å². The lowest BCUT2D eigenvalue weighted by molar-refractivity contribution is 0.293. The molecule has 1 heterocycles. The van der Waals surface area contributed by atoms with Gasteiger partial charge >= 0.3 is 0 Å². The molecule has 0 aliphatic carbocycles. The Kier molecular flexibility index (Phi) is 8.27. The molecule has 0 saturated heterocycles. The Bertz CT molecular complexity index is 432. The van der Waals surface area contributed by atoms with Gasteiger partial charge in [0.1, 0.15) is 0 Å². The zero-order valence-electron chi connectivity index (χ0n) is 12.7. The van der Waals surface area contributed by atoms with Crippen LogP contribution in [-0.4, -0.2) is 37.3 Å². The molecule has 0 bridgehead atoms. The number of thiol groups is 1. The highest BCUT2D eigenvalue weighted by Gasteiger charge is 2.12. The number of halogens is 1. The summed E-state index contributed by atoms with van der Waals surface area (Å²) in [6, 6.07) is 0. The Morgan fingerprint density at radius 2 is 2.20 bits per heavy atom. The first-order valence-corrected chi connectivity index (χ1v) is 7.92. The van der Waals surface area contributed by atoms with Crippen molar-refractivity contribution >= 4 is 29.9 Å². The van der Waals surface area contributed by atoms with Crippen LogP contribution in [0.5, 0.6) is 0 Å². The van der Waals surface area contributed by atoms with Gasteiger partial charge in [-0.2, -0.15) is 0 Å². The van der Waals surface area contributed by atoms with E-state index >= 15 is 0 Å². The summed E-state index contributed by atoms with van der Waals surface area (Å²) in [5, 5.41) is 0.780. The van der Waals surface area contributed by atoms with Crippen LogP contribution >= 0.6 is 24.2 Å². The zero-order chi connectivity index (χ0) is 15.0.